The highest BCUT2D eigenvalue weighted by molar-refractivity contribution is 9.10. The minimum absolute atomic E-state index is 0.238. The second-order valence-corrected chi connectivity index (χ2v) is 7.58. The van der Waals surface area contributed by atoms with E-state index in [0.29, 0.717) is 5.56 Å². The average Bonchev–Trinajstić information content (AvgIpc) is 3.20. The average molecular weight is 407 g/mol. The predicted molar refractivity (Wildman–Crippen MR) is 104 cm³/mol. The van der Waals surface area contributed by atoms with Crippen LogP contribution in [-0.2, 0) is 19.4 Å². The second-order valence-electron chi connectivity index (χ2n) is 6.67. The molecule has 1 N–H and O–H groups in total. The van der Waals surface area contributed by atoms with Crippen LogP contribution in [0.3, 0.4) is 0 Å². The molecule has 0 radical (unpaired) electrons. The van der Waals surface area contributed by atoms with Crippen LogP contribution in [0.15, 0.2) is 59.5 Å². The van der Waals surface area contributed by atoms with Gasteiger partial charge in [0.2, 0.25) is 0 Å². The molecular weight excluding hydrogens is 388 g/mol. The van der Waals surface area contributed by atoms with Crippen molar-refractivity contribution in [2.75, 3.05) is 6.54 Å². The summed E-state index contributed by atoms with van der Waals surface area (Å²) < 4.78 is 1.15. The quantitative estimate of drug-likeness (QED) is 0.698. The van der Waals surface area contributed by atoms with E-state index >= 15 is 0 Å². The van der Waals surface area contributed by atoms with Gasteiger partial charge in [-0.05, 0) is 53.8 Å². The van der Waals surface area contributed by atoms with Crippen LogP contribution in [0.1, 0.15) is 34.0 Å². The van der Waals surface area contributed by atoms with Crippen molar-refractivity contribution in [1.29, 1.82) is 5.26 Å². The zero-order valence-electron chi connectivity index (χ0n) is 14.3. The van der Waals surface area contributed by atoms with Gasteiger partial charge in [-0.2, -0.15) is 5.26 Å². The Morgan fingerprint density at radius 1 is 1.19 bits per heavy atom. The molecule has 4 nitrogen and oxygen atoms in total. The minimum Gasteiger partial charge on any atom is -0.347 e. The number of imidazole rings is 1. The number of aromatic amines is 1. The van der Waals surface area contributed by atoms with E-state index in [9.17, 15) is 0 Å². The van der Waals surface area contributed by atoms with Crippen LogP contribution in [0, 0.1) is 11.3 Å². The number of nitrogens with zero attached hydrogens (tertiary/aromatic N) is 3. The highest BCUT2D eigenvalue weighted by atomic mass is 79.9. The zero-order valence-corrected chi connectivity index (χ0v) is 15.9. The van der Waals surface area contributed by atoms with Crippen molar-refractivity contribution in [2.24, 2.45) is 0 Å². The molecule has 1 unspecified atom stereocenters. The van der Waals surface area contributed by atoms with Crippen LogP contribution >= 0.6 is 15.9 Å². The zero-order chi connectivity index (χ0) is 17.9. The number of halogens is 1. The van der Waals surface area contributed by atoms with Crippen molar-refractivity contribution >= 4 is 15.9 Å². The number of hydrogen-bond acceptors (Lipinski definition) is 3. The van der Waals surface area contributed by atoms with Crippen molar-refractivity contribution in [2.45, 2.75) is 25.4 Å². The number of nitrogens with one attached hydrogen (secondary N) is 1. The first-order valence-electron chi connectivity index (χ1n) is 8.71. The van der Waals surface area contributed by atoms with Gasteiger partial charge < -0.3 is 4.98 Å². The molecule has 0 amide bonds. The van der Waals surface area contributed by atoms with E-state index in [1.165, 1.54) is 16.7 Å². The highest BCUT2D eigenvalue weighted by Gasteiger charge is 2.26. The van der Waals surface area contributed by atoms with Crippen LogP contribution in [0.2, 0.25) is 0 Å². The number of aromatic nitrogens is 2. The topological polar surface area (TPSA) is 55.7 Å². The van der Waals surface area contributed by atoms with Gasteiger partial charge in [-0.25, -0.2) is 4.98 Å². The summed E-state index contributed by atoms with van der Waals surface area (Å²) >= 11 is 3.57. The van der Waals surface area contributed by atoms with E-state index < -0.39 is 0 Å². The van der Waals surface area contributed by atoms with Crippen LogP contribution in [0.5, 0.6) is 0 Å². The molecular formula is C21H19BrN4. The predicted octanol–water partition coefficient (Wildman–Crippen LogP) is 4.39. The third-order valence-corrected chi connectivity index (χ3v) is 5.53. The fourth-order valence-corrected chi connectivity index (χ4v) is 4.04. The Labute approximate surface area is 161 Å². The standard InChI is InChI=1S/C21H19BrN4/c22-19-6-5-18-13-26(8-7-17(18)10-19)21(20-12-24-14-25-20)9-15-1-3-16(11-23)4-2-15/h1-6,10,12,14,21H,7-9,13H2,(H,24,25). The fourth-order valence-electron chi connectivity index (χ4n) is 3.63. The molecule has 0 saturated carbocycles. The highest BCUT2D eigenvalue weighted by Crippen LogP contribution is 2.30. The van der Waals surface area contributed by atoms with Crippen molar-refractivity contribution in [3.63, 3.8) is 0 Å². The molecule has 3 aromatic rings. The van der Waals surface area contributed by atoms with E-state index in [-0.39, 0.29) is 6.04 Å². The Bertz CT molecular complexity index is 926. The van der Waals surface area contributed by atoms with Crippen molar-refractivity contribution in [1.82, 2.24) is 14.9 Å². The van der Waals surface area contributed by atoms with E-state index in [4.69, 9.17) is 5.26 Å². The van der Waals surface area contributed by atoms with Crippen molar-refractivity contribution in [3.8, 4) is 6.07 Å². The maximum absolute atomic E-state index is 9.00. The lowest BCUT2D eigenvalue weighted by Crippen LogP contribution is -2.35. The van der Waals surface area contributed by atoms with Gasteiger partial charge in [0.1, 0.15) is 0 Å². The summed E-state index contributed by atoms with van der Waals surface area (Å²) in [4.78, 5) is 10.0. The minimum atomic E-state index is 0.238. The molecule has 2 aromatic carbocycles. The molecule has 1 aromatic heterocycles. The molecule has 0 saturated heterocycles. The molecule has 5 heteroatoms. The maximum atomic E-state index is 9.00. The van der Waals surface area contributed by atoms with Gasteiger partial charge in [0.05, 0.1) is 29.7 Å². The van der Waals surface area contributed by atoms with Crippen LogP contribution in [-0.4, -0.2) is 21.4 Å². The fraction of sp³-hybridized carbons (Fsp3) is 0.238. The second kappa shape index (κ2) is 7.45. The molecule has 0 bridgehead atoms. The van der Waals surface area contributed by atoms with Crippen molar-refractivity contribution < 1.29 is 0 Å². The molecule has 0 spiro atoms. The number of rotatable bonds is 4. The third kappa shape index (κ3) is 3.57. The Hall–Kier alpha value is -2.42. The lowest BCUT2D eigenvalue weighted by Gasteiger charge is -2.35. The third-order valence-electron chi connectivity index (χ3n) is 5.04. The van der Waals surface area contributed by atoms with E-state index in [2.05, 4.69) is 67.2 Å². The van der Waals surface area contributed by atoms with Crippen LogP contribution in [0.25, 0.3) is 0 Å². The number of nitriles is 1. The number of hydrogen-bond donors (Lipinski definition) is 1. The summed E-state index contributed by atoms with van der Waals surface area (Å²) in [6, 6.07) is 16.9. The first-order valence-corrected chi connectivity index (χ1v) is 9.51. The summed E-state index contributed by atoms with van der Waals surface area (Å²) in [6.07, 6.45) is 5.61. The Morgan fingerprint density at radius 3 is 2.77 bits per heavy atom. The lowest BCUT2D eigenvalue weighted by atomic mass is 9.95. The largest absolute Gasteiger partial charge is 0.347 e. The summed E-state index contributed by atoms with van der Waals surface area (Å²) in [5.74, 6) is 0. The van der Waals surface area contributed by atoms with Gasteiger partial charge in [-0.15, -0.1) is 0 Å². The molecule has 4 rings (SSSR count). The molecule has 0 fully saturated rings. The maximum Gasteiger partial charge on any atom is 0.0991 e. The first-order chi connectivity index (χ1) is 12.7. The number of H-pyrrole nitrogens is 1. The van der Waals surface area contributed by atoms with Gasteiger partial charge >= 0.3 is 0 Å². The molecule has 26 heavy (non-hydrogen) atoms. The van der Waals surface area contributed by atoms with Crippen molar-refractivity contribution in [3.05, 3.63) is 87.4 Å². The first kappa shape index (κ1) is 17.0. The molecule has 1 aliphatic rings. The summed E-state index contributed by atoms with van der Waals surface area (Å²) in [5.41, 5.74) is 5.88. The summed E-state index contributed by atoms with van der Waals surface area (Å²) in [6.45, 7) is 1.95. The smallest absolute Gasteiger partial charge is 0.0991 e. The normalized spacial score (nSPS) is 15.2. The SMILES string of the molecule is N#Cc1ccc(CC(c2cnc[nH]2)N2CCc3cc(Br)ccc3C2)cc1. The van der Waals surface area contributed by atoms with E-state index in [1.54, 1.807) is 6.33 Å². The molecule has 1 aliphatic heterocycles. The van der Waals surface area contributed by atoms with Gasteiger partial charge in [0.25, 0.3) is 0 Å². The molecule has 2 heterocycles. The monoisotopic (exact) mass is 406 g/mol. The Balaban J connectivity index is 1.60. The number of fused-ring (bicyclic) bond motifs is 1. The number of benzene rings is 2. The van der Waals surface area contributed by atoms with Crippen LogP contribution in [0.4, 0.5) is 0 Å². The Kier molecular flexibility index (Phi) is 4.87. The molecule has 0 aliphatic carbocycles. The van der Waals surface area contributed by atoms with Gasteiger partial charge in [-0.3, -0.25) is 4.90 Å². The van der Waals surface area contributed by atoms with Gasteiger partial charge in [-0.1, -0.05) is 34.1 Å². The summed E-state index contributed by atoms with van der Waals surface area (Å²) in [7, 11) is 0. The molecule has 1 atom stereocenters. The lowest BCUT2D eigenvalue weighted by molar-refractivity contribution is 0.174. The van der Waals surface area contributed by atoms with E-state index in [1.807, 2.05) is 18.3 Å². The Morgan fingerprint density at radius 2 is 2.04 bits per heavy atom. The van der Waals surface area contributed by atoms with Gasteiger partial charge in [0.15, 0.2) is 0 Å². The van der Waals surface area contributed by atoms with E-state index in [0.717, 1.165) is 36.1 Å². The molecule has 130 valence electrons. The van der Waals surface area contributed by atoms with Gasteiger partial charge in [0, 0.05) is 23.8 Å². The summed E-state index contributed by atoms with van der Waals surface area (Å²) in [5, 5.41) is 9.00. The van der Waals surface area contributed by atoms with Crippen LogP contribution < -0.4 is 0 Å².